The molecule has 0 heterocycles. The van der Waals surface area contributed by atoms with Crippen molar-refractivity contribution in [1.29, 1.82) is 0 Å². The van der Waals surface area contributed by atoms with E-state index < -0.39 is 17.5 Å². The predicted molar refractivity (Wildman–Crippen MR) is 73.2 cm³/mol. The van der Waals surface area contributed by atoms with Crippen molar-refractivity contribution in [2.45, 2.75) is 0 Å². The van der Waals surface area contributed by atoms with E-state index in [1.165, 1.54) is 42.3 Å². The van der Waals surface area contributed by atoms with Crippen molar-refractivity contribution < 1.29 is 13.6 Å². The molecule has 19 heavy (non-hydrogen) atoms. The Balaban J connectivity index is 2.36. The summed E-state index contributed by atoms with van der Waals surface area (Å²) in [5.74, 6) is -1.62. The lowest BCUT2D eigenvalue weighted by Gasteiger charge is -2.18. The topological polar surface area (TPSA) is 20.3 Å². The molecule has 0 atom stereocenters. The fourth-order valence-corrected chi connectivity index (χ4v) is 2.02. The fraction of sp³-hybridized carbons (Fsp3) is 0.0714. The first-order valence-electron chi connectivity index (χ1n) is 5.48. The Kier molecular flexibility index (Phi) is 3.95. The van der Waals surface area contributed by atoms with E-state index in [1.54, 1.807) is 12.1 Å². The highest BCUT2D eigenvalue weighted by Crippen LogP contribution is 2.22. The lowest BCUT2D eigenvalue weighted by Crippen LogP contribution is -2.27. The summed E-state index contributed by atoms with van der Waals surface area (Å²) in [7, 11) is 1.47. The van der Waals surface area contributed by atoms with E-state index in [1.807, 2.05) is 0 Å². The Hall–Kier alpha value is -1.75. The number of benzene rings is 2. The van der Waals surface area contributed by atoms with Gasteiger partial charge in [-0.15, -0.1) is 0 Å². The van der Waals surface area contributed by atoms with Gasteiger partial charge in [0.05, 0.1) is 10.0 Å². The number of halogens is 3. The molecule has 0 aliphatic heterocycles. The standard InChI is InChI=1S/C14H10BrF2NO/c1-18(10-5-2-4-9(16)8-10)14(19)11-6-3-7-12(15)13(11)17/h2-8H,1H3. The fourth-order valence-electron chi connectivity index (χ4n) is 1.65. The van der Waals surface area contributed by atoms with Crippen LogP contribution in [-0.4, -0.2) is 13.0 Å². The highest BCUT2D eigenvalue weighted by Gasteiger charge is 2.19. The zero-order valence-corrected chi connectivity index (χ0v) is 11.6. The lowest BCUT2D eigenvalue weighted by molar-refractivity contribution is 0.0989. The van der Waals surface area contributed by atoms with Crippen LogP contribution in [0.1, 0.15) is 10.4 Å². The largest absolute Gasteiger partial charge is 0.311 e. The number of rotatable bonds is 2. The number of hydrogen-bond donors (Lipinski definition) is 0. The van der Waals surface area contributed by atoms with E-state index in [0.29, 0.717) is 5.69 Å². The second-order valence-corrected chi connectivity index (χ2v) is 4.80. The first-order valence-corrected chi connectivity index (χ1v) is 6.27. The molecule has 0 radical (unpaired) electrons. The normalized spacial score (nSPS) is 10.3. The molecule has 0 N–H and O–H groups in total. The van der Waals surface area contributed by atoms with E-state index in [4.69, 9.17) is 0 Å². The summed E-state index contributed by atoms with van der Waals surface area (Å²) in [5.41, 5.74) is 0.297. The van der Waals surface area contributed by atoms with Gasteiger partial charge in [-0.1, -0.05) is 12.1 Å². The maximum absolute atomic E-state index is 13.8. The van der Waals surface area contributed by atoms with Crippen molar-refractivity contribution >= 4 is 27.5 Å². The zero-order chi connectivity index (χ0) is 14.0. The highest BCUT2D eigenvalue weighted by atomic mass is 79.9. The van der Waals surface area contributed by atoms with Gasteiger partial charge in [0.15, 0.2) is 0 Å². The average molecular weight is 326 g/mol. The maximum Gasteiger partial charge on any atom is 0.261 e. The van der Waals surface area contributed by atoms with E-state index in [9.17, 15) is 13.6 Å². The second-order valence-electron chi connectivity index (χ2n) is 3.95. The van der Waals surface area contributed by atoms with Gasteiger partial charge in [-0.3, -0.25) is 4.79 Å². The maximum atomic E-state index is 13.8. The second kappa shape index (κ2) is 5.48. The first-order chi connectivity index (χ1) is 9.00. The predicted octanol–water partition coefficient (Wildman–Crippen LogP) is 4.00. The van der Waals surface area contributed by atoms with Crippen molar-refractivity contribution in [3.63, 3.8) is 0 Å². The number of amides is 1. The van der Waals surface area contributed by atoms with E-state index in [0.717, 1.165) is 0 Å². The zero-order valence-electron chi connectivity index (χ0n) is 10.0. The molecule has 0 unspecified atom stereocenters. The summed E-state index contributed by atoms with van der Waals surface area (Å²) in [6.45, 7) is 0. The van der Waals surface area contributed by atoms with Crippen molar-refractivity contribution in [2.24, 2.45) is 0 Å². The molecule has 0 aromatic heterocycles. The summed E-state index contributed by atoms with van der Waals surface area (Å²) in [5, 5.41) is 0. The molecule has 0 fully saturated rings. The number of nitrogens with zero attached hydrogens (tertiary/aromatic N) is 1. The van der Waals surface area contributed by atoms with Crippen molar-refractivity contribution in [2.75, 3.05) is 11.9 Å². The number of anilines is 1. The molecule has 2 rings (SSSR count). The molecule has 0 spiro atoms. The van der Waals surface area contributed by atoms with E-state index in [-0.39, 0.29) is 10.0 Å². The third kappa shape index (κ3) is 2.81. The molecule has 0 aliphatic rings. The Morgan fingerprint density at radius 3 is 2.53 bits per heavy atom. The Labute approximate surface area is 117 Å². The van der Waals surface area contributed by atoms with Gasteiger partial charge in [0.25, 0.3) is 5.91 Å². The van der Waals surface area contributed by atoms with Crippen LogP contribution in [0.3, 0.4) is 0 Å². The van der Waals surface area contributed by atoms with Crippen molar-refractivity contribution in [3.8, 4) is 0 Å². The molecule has 2 aromatic rings. The third-order valence-electron chi connectivity index (χ3n) is 2.68. The van der Waals surface area contributed by atoms with E-state index >= 15 is 0 Å². The third-order valence-corrected chi connectivity index (χ3v) is 3.29. The van der Waals surface area contributed by atoms with Crippen LogP contribution in [0, 0.1) is 11.6 Å². The monoisotopic (exact) mass is 325 g/mol. The molecular formula is C14H10BrF2NO. The first kappa shape index (κ1) is 13.7. The van der Waals surface area contributed by atoms with E-state index in [2.05, 4.69) is 15.9 Å². The number of carbonyl (C=O) groups excluding carboxylic acids is 1. The Morgan fingerprint density at radius 2 is 1.84 bits per heavy atom. The van der Waals surface area contributed by atoms with Gasteiger partial charge >= 0.3 is 0 Å². The van der Waals surface area contributed by atoms with Crippen LogP contribution in [0.4, 0.5) is 14.5 Å². The molecule has 0 saturated heterocycles. The minimum Gasteiger partial charge on any atom is -0.311 e. The molecular weight excluding hydrogens is 316 g/mol. The molecule has 98 valence electrons. The summed E-state index contributed by atoms with van der Waals surface area (Å²) >= 11 is 3.03. The molecule has 1 amide bonds. The minimum atomic E-state index is -0.629. The lowest BCUT2D eigenvalue weighted by atomic mass is 10.1. The van der Waals surface area contributed by atoms with Gasteiger partial charge < -0.3 is 4.90 Å². The van der Waals surface area contributed by atoms with Gasteiger partial charge in [0, 0.05) is 12.7 Å². The summed E-state index contributed by atoms with van der Waals surface area (Å²) in [6.07, 6.45) is 0. The van der Waals surface area contributed by atoms with Crippen LogP contribution in [-0.2, 0) is 0 Å². The van der Waals surface area contributed by atoms with Crippen LogP contribution in [0.15, 0.2) is 46.9 Å². The van der Waals surface area contributed by atoms with Crippen LogP contribution in [0.5, 0.6) is 0 Å². The molecule has 2 nitrogen and oxygen atoms in total. The van der Waals surface area contributed by atoms with Crippen LogP contribution in [0.25, 0.3) is 0 Å². The molecule has 2 aromatic carbocycles. The van der Waals surface area contributed by atoms with Crippen molar-refractivity contribution in [3.05, 3.63) is 64.1 Å². The van der Waals surface area contributed by atoms with Gasteiger partial charge in [-0.05, 0) is 46.3 Å². The average Bonchev–Trinajstić information content (AvgIpc) is 2.40. The highest BCUT2D eigenvalue weighted by molar-refractivity contribution is 9.10. The summed E-state index contributed by atoms with van der Waals surface area (Å²) in [4.78, 5) is 13.4. The quantitative estimate of drug-likeness (QED) is 0.817. The van der Waals surface area contributed by atoms with Gasteiger partial charge in [0.2, 0.25) is 0 Å². The number of hydrogen-bond acceptors (Lipinski definition) is 1. The van der Waals surface area contributed by atoms with Crippen LogP contribution < -0.4 is 4.90 Å². The minimum absolute atomic E-state index is 0.0684. The summed E-state index contributed by atoms with van der Waals surface area (Å²) < 4.78 is 27.2. The van der Waals surface area contributed by atoms with Gasteiger partial charge in [-0.2, -0.15) is 0 Å². The SMILES string of the molecule is CN(C(=O)c1cccc(Br)c1F)c1cccc(F)c1. The molecule has 0 saturated carbocycles. The summed E-state index contributed by atoms with van der Waals surface area (Å²) in [6, 6.07) is 10.0. The molecule has 5 heteroatoms. The molecule has 0 aliphatic carbocycles. The van der Waals surface area contributed by atoms with Crippen LogP contribution >= 0.6 is 15.9 Å². The van der Waals surface area contributed by atoms with Gasteiger partial charge in [-0.25, -0.2) is 8.78 Å². The smallest absolute Gasteiger partial charge is 0.261 e. The van der Waals surface area contributed by atoms with Gasteiger partial charge in [0.1, 0.15) is 11.6 Å². The van der Waals surface area contributed by atoms with Crippen LogP contribution in [0.2, 0.25) is 0 Å². The number of carbonyl (C=O) groups is 1. The Bertz CT molecular complexity index is 631. The molecule has 0 bridgehead atoms. The van der Waals surface area contributed by atoms with Crippen molar-refractivity contribution in [1.82, 2.24) is 0 Å². The Morgan fingerprint density at radius 1 is 1.16 bits per heavy atom.